The second-order valence-corrected chi connectivity index (χ2v) is 12.8. The lowest BCUT2D eigenvalue weighted by atomic mass is 9.98. The van der Waals surface area contributed by atoms with Crippen LogP contribution >= 0.6 is 0 Å². The number of sulfonamides is 2. The monoisotopic (exact) mass is 557 g/mol. The minimum atomic E-state index is -4.08. The van der Waals surface area contributed by atoms with Gasteiger partial charge in [0.1, 0.15) is 5.75 Å². The first-order valence-electron chi connectivity index (χ1n) is 12.2. The van der Waals surface area contributed by atoms with Crippen LogP contribution in [0.15, 0.2) is 76.5 Å². The van der Waals surface area contributed by atoms with Crippen LogP contribution in [0.1, 0.15) is 35.7 Å². The van der Waals surface area contributed by atoms with Crippen molar-refractivity contribution in [1.82, 2.24) is 4.90 Å². The van der Waals surface area contributed by atoms with E-state index in [-0.39, 0.29) is 26.9 Å². The number of benzene rings is 3. The van der Waals surface area contributed by atoms with Crippen LogP contribution < -0.4 is 14.2 Å². The molecule has 0 bridgehead atoms. The maximum atomic E-state index is 13.2. The number of amides is 1. The van der Waals surface area contributed by atoms with E-state index < -0.39 is 20.0 Å². The van der Waals surface area contributed by atoms with Crippen LogP contribution in [0.25, 0.3) is 0 Å². The van der Waals surface area contributed by atoms with Crippen molar-refractivity contribution >= 4 is 37.3 Å². The topological polar surface area (TPSA) is 122 Å². The second kappa shape index (κ2) is 11.0. The Balaban J connectivity index is 1.53. The molecule has 1 saturated heterocycles. The van der Waals surface area contributed by atoms with Crippen molar-refractivity contribution in [3.8, 4) is 5.75 Å². The third-order valence-corrected chi connectivity index (χ3v) is 9.35. The van der Waals surface area contributed by atoms with E-state index in [0.717, 1.165) is 18.4 Å². The number of para-hydroxylation sites is 1. The molecular weight excluding hydrogens is 526 g/mol. The number of methoxy groups -OCH3 is 1. The van der Waals surface area contributed by atoms with E-state index in [0.29, 0.717) is 30.4 Å². The van der Waals surface area contributed by atoms with Gasteiger partial charge in [-0.15, -0.1) is 0 Å². The minimum absolute atomic E-state index is 0.0168. The highest BCUT2D eigenvalue weighted by molar-refractivity contribution is 7.93. The van der Waals surface area contributed by atoms with Crippen molar-refractivity contribution in [2.45, 2.75) is 36.5 Å². The molecule has 38 heavy (non-hydrogen) atoms. The predicted molar refractivity (Wildman–Crippen MR) is 147 cm³/mol. The summed E-state index contributed by atoms with van der Waals surface area (Å²) in [6.45, 7) is 5.14. The van der Waals surface area contributed by atoms with Crippen LogP contribution in [-0.4, -0.2) is 47.8 Å². The van der Waals surface area contributed by atoms with Gasteiger partial charge >= 0.3 is 0 Å². The summed E-state index contributed by atoms with van der Waals surface area (Å²) in [5, 5.41) is 0. The molecule has 1 amide bonds. The fraction of sp³-hybridized carbons (Fsp3) is 0.296. The number of likely N-dealkylation sites (tertiary alicyclic amines) is 1. The molecular formula is C27H31N3O6S2. The molecule has 1 aliphatic heterocycles. The van der Waals surface area contributed by atoms with Gasteiger partial charge in [-0.2, -0.15) is 0 Å². The van der Waals surface area contributed by atoms with Gasteiger partial charge in [0, 0.05) is 18.8 Å². The summed E-state index contributed by atoms with van der Waals surface area (Å²) in [4.78, 5) is 14.8. The second-order valence-electron chi connectivity index (χ2n) is 9.39. The highest BCUT2D eigenvalue weighted by Crippen LogP contribution is 2.28. The number of piperidine rings is 1. The van der Waals surface area contributed by atoms with E-state index in [2.05, 4.69) is 16.4 Å². The van der Waals surface area contributed by atoms with Crippen molar-refractivity contribution in [2.24, 2.45) is 5.92 Å². The largest absolute Gasteiger partial charge is 0.496 e. The minimum Gasteiger partial charge on any atom is -0.496 e. The number of ether oxygens (including phenoxy) is 1. The maximum Gasteiger partial charge on any atom is 0.261 e. The summed E-state index contributed by atoms with van der Waals surface area (Å²) in [6.07, 6.45) is 1.78. The third kappa shape index (κ3) is 6.11. The van der Waals surface area contributed by atoms with Crippen molar-refractivity contribution in [2.75, 3.05) is 29.6 Å². The lowest BCUT2D eigenvalue weighted by molar-refractivity contribution is 0.0693. The van der Waals surface area contributed by atoms with Gasteiger partial charge in [-0.1, -0.05) is 25.1 Å². The van der Waals surface area contributed by atoms with Crippen molar-refractivity contribution in [1.29, 1.82) is 0 Å². The fourth-order valence-electron chi connectivity index (χ4n) is 4.21. The predicted octanol–water partition coefficient (Wildman–Crippen LogP) is 4.48. The maximum absolute atomic E-state index is 13.2. The van der Waals surface area contributed by atoms with Crippen molar-refractivity contribution in [3.05, 3.63) is 77.9 Å². The Bertz CT molecular complexity index is 1530. The van der Waals surface area contributed by atoms with Gasteiger partial charge in [0.15, 0.2) is 0 Å². The van der Waals surface area contributed by atoms with Gasteiger partial charge in [0.2, 0.25) is 0 Å². The first kappa shape index (κ1) is 27.5. The number of carbonyl (C=O) groups excluding carboxylic acids is 1. The summed E-state index contributed by atoms with van der Waals surface area (Å²) in [7, 11) is -6.52. The molecule has 1 aliphatic rings. The molecule has 202 valence electrons. The highest BCUT2D eigenvalue weighted by atomic mass is 32.2. The Morgan fingerprint density at radius 3 is 2.11 bits per heavy atom. The average Bonchev–Trinajstić information content (AvgIpc) is 2.89. The Kier molecular flexibility index (Phi) is 7.98. The smallest absolute Gasteiger partial charge is 0.261 e. The zero-order valence-corrected chi connectivity index (χ0v) is 23.1. The summed E-state index contributed by atoms with van der Waals surface area (Å²) in [5.41, 5.74) is 1.58. The Hall–Kier alpha value is -3.57. The Labute approximate surface area is 223 Å². The van der Waals surface area contributed by atoms with Crippen LogP contribution in [0.5, 0.6) is 5.75 Å². The van der Waals surface area contributed by atoms with Crippen LogP contribution in [0.2, 0.25) is 0 Å². The third-order valence-electron chi connectivity index (χ3n) is 6.59. The number of anilines is 2. The van der Waals surface area contributed by atoms with Gasteiger partial charge in [-0.3, -0.25) is 14.2 Å². The number of rotatable bonds is 8. The van der Waals surface area contributed by atoms with E-state index in [9.17, 15) is 21.6 Å². The summed E-state index contributed by atoms with van der Waals surface area (Å²) < 4.78 is 62.2. The van der Waals surface area contributed by atoms with Crippen LogP contribution in [-0.2, 0) is 20.0 Å². The zero-order chi connectivity index (χ0) is 27.5. The zero-order valence-electron chi connectivity index (χ0n) is 21.5. The summed E-state index contributed by atoms with van der Waals surface area (Å²) in [5.74, 6) is 0.557. The summed E-state index contributed by atoms with van der Waals surface area (Å²) >= 11 is 0. The van der Waals surface area contributed by atoms with E-state index >= 15 is 0 Å². The molecule has 4 rings (SSSR count). The van der Waals surface area contributed by atoms with Gasteiger partial charge in [-0.05, 0) is 79.8 Å². The standard InChI is InChI=1S/C27H31N3O6S2/c1-19-14-16-30(17-15-19)27(31)24-18-23(12-13-26(24)36-3)38(34,35)28-21-8-10-22(11-9-21)37(32,33)29-25-7-5-4-6-20(25)2/h4-13,18-19,28-29H,14-17H2,1-3H3. The molecule has 0 saturated carbocycles. The molecule has 3 aromatic rings. The lowest BCUT2D eigenvalue weighted by Gasteiger charge is -2.30. The number of aryl methyl sites for hydroxylation is 1. The van der Waals surface area contributed by atoms with Gasteiger partial charge in [-0.25, -0.2) is 16.8 Å². The van der Waals surface area contributed by atoms with Gasteiger partial charge in [0.25, 0.3) is 26.0 Å². The quantitative estimate of drug-likeness (QED) is 0.421. The van der Waals surface area contributed by atoms with E-state index in [1.807, 2.05) is 6.07 Å². The Morgan fingerprint density at radius 2 is 1.47 bits per heavy atom. The molecule has 0 spiro atoms. The first-order chi connectivity index (χ1) is 18.0. The lowest BCUT2D eigenvalue weighted by Crippen LogP contribution is -2.38. The molecule has 11 heteroatoms. The molecule has 0 aromatic heterocycles. The number of nitrogens with one attached hydrogen (secondary N) is 2. The summed E-state index contributed by atoms with van der Waals surface area (Å²) in [6, 6.07) is 16.5. The first-order valence-corrected chi connectivity index (χ1v) is 15.2. The van der Waals surface area contributed by atoms with Crippen LogP contribution in [0.4, 0.5) is 11.4 Å². The molecule has 9 nitrogen and oxygen atoms in total. The van der Waals surface area contributed by atoms with E-state index in [1.54, 1.807) is 30.0 Å². The fourth-order valence-corrected chi connectivity index (χ4v) is 6.43. The molecule has 1 fully saturated rings. The van der Waals surface area contributed by atoms with E-state index in [1.165, 1.54) is 49.6 Å². The molecule has 0 atom stereocenters. The molecule has 0 radical (unpaired) electrons. The molecule has 0 unspecified atom stereocenters. The number of hydrogen-bond acceptors (Lipinski definition) is 6. The Morgan fingerprint density at radius 1 is 0.868 bits per heavy atom. The molecule has 3 aromatic carbocycles. The molecule has 1 heterocycles. The van der Waals surface area contributed by atoms with Crippen molar-refractivity contribution < 1.29 is 26.4 Å². The van der Waals surface area contributed by atoms with E-state index in [4.69, 9.17) is 4.74 Å². The van der Waals surface area contributed by atoms with Crippen LogP contribution in [0, 0.1) is 12.8 Å². The SMILES string of the molecule is COc1ccc(S(=O)(=O)Nc2ccc(S(=O)(=O)Nc3ccccc3C)cc2)cc1C(=O)N1CCC(C)CC1. The molecule has 0 aliphatic carbocycles. The van der Waals surface area contributed by atoms with Gasteiger partial charge in [0.05, 0.1) is 28.2 Å². The average molecular weight is 558 g/mol. The normalized spacial score (nSPS) is 14.7. The number of carbonyl (C=O) groups is 1. The number of hydrogen-bond donors (Lipinski definition) is 2. The highest BCUT2D eigenvalue weighted by Gasteiger charge is 2.26. The number of nitrogens with zero attached hydrogens (tertiary/aromatic N) is 1. The molecule has 2 N–H and O–H groups in total. The van der Waals surface area contributed by atoms with Crippen LogP contribution in [0.3, 0.4) is 0 Å². The van der Waals surface area contributed by atoms with Gasteiger partial charge < -0.3 is 9.64 Å². The van der Waals surface area contributed by atoms with Crippen molar-refractivity contribution in [3.63, 3.8) is 0 Å².